The summed E-state index contributed by atoms with van der Waals surface area (Å²) in [5, 5.41) is 7.58. The van der Waals surface area contributed by atoms with Crippen LogP contribution in [0.5, 0.6) is 0 Å². The Labute approximate surface area is 86.2 Å². The summed E-state index contributed by atoms with van der Waals surface area (Å²) in [6, 6.07) is 0. The lowest BCUT2D eigenvalue weighted by Gasteiger charge is -2.21. The maximum Gasteiger partial charge on any atom is 0.0172 e. The minimum Gasteiger partial charge on any atom is -0.320 e. The van der Waals surface area contributed by atoms with Gasteiger partial charge in [-0.05, 0) is 45.2 Å². The molecule has 1 fully saturated rings. The van der Waals surface area contributed by atoms with Gasteiger partial charge in [0.1, 0.15) is 0 Å². The first-order chi connectivity index (χ1) is 6.43. The molecule has 1 atom stereocenters. The topological polar surface area (TPSA) is 24.1 Å². The molecule has 78 valence electrons. The summed E-state index contributed by atoms with van der Waals surface area (Å²) < 4.78 is 0. The average Bonchev–Trinajstić information content (AvgIpc) is 2.19. The van der Waals surface area contributed by atoms with Crippen molar-refractivity contribution in [2.75, 3.05) is 32.4 Å². The van der Waals surface area contributed by atoms with Crippen LogP contribution in [0, 0.1) is 0 Å². The van der Waals surface area contributed by atoms with Gasteiger partial charge in [-0.1, -0.05) is 6.42 Å². The highest BCUT2D eigenvalue weighted by atomic mass is 32.2. The van der Waals surface area contributed by atoms with Gasteiger partial charge in [0.2, 0.25) is 0 Å². The van der Waals surface area contributed by atoms with Crippen LogP contribution >= 0.6 is 11.8 Å². The Balaban J connectivity index is 1.86. The van der Waals surface area contributed by atoms with E-state index >= 15 is 0 Å². The lowest BCUT2D eigenvalue weighted by Crippen LogP contribution is -2.28. The molecule has 2 nitrogen and oxygen atoms in total. The van der Waals surface area contributed by atoms with E-state index in [2.05, 4.69) is 22.4 Å². The van der Waals surface area contributed by atoms with Crippen LogP contribution < -0.4 is 10.6 Å². The molecule has 0 aromatic rings. The fourth-order valence-electron chi connectivity index (χ4n) is 1.62. The monoisotopic (exact) mass is 202 g/mol. The summed E-state index contributed by atoms with van der Waals surface area (Å²) >= 11 is 2.15. The molecule has 0 bridgehead atoms. The molecule has 1 aliphatic heterocycles. The van der Waals surface area contributed by atoms with Gasteiger partial charge < -0.3 is 10.6 Å². The quantitative estimate of drug-likeness (QED) is 0.638. The Morgan fingerprint density at radius 2 is 2.23 bits per heavy atom. The van der Waals surface area contributed by atoms with Gasteiger partial charge in [-0.3, -0.25) is 0 Å². The van der Waals surface area contributed by atoms with Crippen molar-refractivity contribution in [2.24, 2.45) is 0 Å². The second kappa shape index (κ2) is 7.65. The molecule has 3 heteroatoms. The van der Waals surface area contributed by atoms with Crippen LogP contribution in [0.25, 0.3) is 0 Å². The molecule has 2 N–H and O–H groups in total. The number of thioether (sulfide) groups is 1. The third kappa shape index (κ3) is 5.55. The van der Waals surface area contributed by atoms with E-state index in [0.717, 1.165) is 18.3 Å². The molecule has 0 aromatic heterocycles. The minimum atomic E-state index is 0.892. The molecule has 1 rings (SSSR count). The van der Waals surface area contributed by atoms with Crippen molar-refractivity contribution in [1.82, 2.24) is 10.6 Å². The summed E-state index contributed by atoms with van der Waals surface area (Å²) in [4.78, 5) is 0. The minimum absolute atomic E-state index is 0.892. The zero-order chi connectivity index (χ0) is 9.36. The summed E-state index contributed by atoms with van der Waals surface area (Å²) in [7, 11) is 2.01. The highest BCUT2D eigenvalue weighted by Gasteiger charge is 2.12. The van der Waals surface area contributed by atoms with E-state index in [1.165, 1.54) is 38.0 Å². The molecule has 1 saturated heterocycles. The summed E-state index contributed by atoms with van der Waals surface area (Å²) in [5.41, 5.74) is 0. The second-order valence-electron chi connectivity index (χ2n) is 3.65. The van der Waals surface area contributed by atoms with Gasteiger partial charge in [-0.2, -0.15) is 11.8 Å². The Morgan fingerprint density at radius 3 is 2.92 bits per heavy atom. The van der Waals surface area contributed by atoms with Gasteiger partial charge in [-0.15, -0.1) is 0 Å². The van der Waals surface area contributed by atoms with Crippen LogP contribution in [0.4, 0.5) is 0 Å². The number of hydrogen-bond donors (Lipinski definition) is 2. The van der Waals surface area contributed by atoms with Crippen molar-refractivity contribution in [2.45, 2.75) is 30.9 Å². The normalized spacial score (nSPS) is 23.3. The molecule has 1 aliphatic rings. The van der Waals surface area contributed by atoms with E-state index in [4.69, 9.17) is 0 Å². The number of rotatable bonds is 6. The van der Waals surface area contributed by atoms with E-state index in [9.17, 15) is 0 Å². The van der Waals surface area contributed by atoms with Crippen LogP contribution in [0.1, 0.15) is 25.7 Å². The molecule has 0 amide bonds. The first kappa shape index (κ1) is 11.3. The first-order valence-electron chi connectivity index (χ1n) is 5.40. The SMILES string of the molecule is CNCCCNCC1CCCCS1. The third-order valence-corrected chi connectivity index (χ3v) is 3.82. The van der Waals surface area contributed by atoms with Crippen LogP contribution in [0.2, 0.25) is 0 Å². The van der Waals surface area contributed by atoms with Crippen molar-refractivity contribution in [3.05, 3.63) is 0 Å². The molecule has 0 radical (unpaired) electrons. The molecular formula is C10H22N2S. The van der Waals surface area contributed by atoms with Crippen LogP contribution in [0.15, 0.2) is 0 Å². The van der Waals surface area contributed by atoms with Crippen molar-refractivity contribution in [3.63, 3.8) is 0 Å². The van der Waals surface area contributed by atoms with Crippen molar-refractivity contribution in [3.8, 4) is 0 Å². The number of hydrogen-bond acceptors (Lipinski definition) is 3. The first-order valence-corrected chi connectivity index (χ1v) is 6.45. The standard InChI is InChI=1S/C10H22N2S/c1-11-6-4-7-12-9-10-5-2-3-8-13-10/h10-12H,2-9H2,1H3. The Kier molecular flexibility index (Phi) is 6.68. The fourth-order valence-corrected chi connectivity index (χ4v) is 2.89. The zero-order valence-electron chi connectivity index (χ0n) is 8.64. The Hall–Kier alpha value is 0.270. The van der Waals surface area contributed by atoms with Gasteiger partial charge >= 0.3 is 0 Å². The summed E-state index contributed by atoms with van der Waals surface area (Å²) in [5.74, 6) is 1.38. The number of nitrogens with one attached hydrogen (secondary N) is 2. The van der Waals surface area contributed by atoms with E-state index in [1.807, 2.05) is 7.05 Å². The van der Waals surface area contributed by atoms with Gasteiger partial charge in [-0.25, -0.2) is 0 Å². The molecule has 1 heterocycles. The van der Waals surface area contributed by atoms with Crippen molar-refractivity contribution < 1.29 is 0 Å². The van der Waals surface area contributed by atoms with Gasteiger partial charge in [0.25, 0.3) is 0 Å². The second-order valence-corrected chi connectivity index (χ2v) is 5.06. The van der Waals surface area contributed by atoms with Crippen LogP contribution in [-0.4, -0.2) is 37.7 Å². The fraction of sp³-hybridized carbons (Fsp3) is 1.00. The molecule has 0 spiro atoms. The predicted molar refractivity (Wildman–Crippen MR) is 61.5 cm³/mol. The van der Waals surface area contributed by atoms with E-state index < -0.39 is 0 Å². The lowest BCUT2D eigenvalue weighted by atomic mass is 10.2. The highest BCUT2D eigenvalue weighted by molar-refractivity contribution is 7.99. The van der Waals surface area contributed by atoms with E-state index in [1.54, 1.807) is 0 Å². The highest BCUT2D eigenvalue weighted by Crippen LogP contribution is 2.24. The van der Waals surface area contributed by atoms with Crippen molar-refractivity contribution in [1.29, 1.82) is 0 Å². The lowest BCUT2D eigenvalue weighted by molar-refractivity contribution is 0.578. The summed E-state index contributed by atoms with van der Waals surface area (Å²) in [6.45, 7) is 3.51. The maximum absolute atomic E-state index is 3.53. The van der Waals surface area contributed by atoms with Gasteiger partial charge in [0.15, 0.2) is 0 Å². The van der Waals surface area contributed by atoms with Crippen LogP contribution in [0.3, 0.4) is 0 Å². The zero-order valence-corrected chi connectivity index (χ0v) is 9.46. The van der Waals surface area contributed by atoms with Gasteiger partial charge in [0, 0.05) is 11.8 Å². The van der Waals surface area contributed by atoms with Crippen LogP contribution in [-0.2, 0) is 0 Å². The predicted octanol–water partition coefficient (Wildman–Crippen LogP) is 1.47. The summed E-state index contributed by atoms with van der Waals surface area (Å²) in [6.07, 6.45) is 5.54. The molecule has 0 aromatic carbocycles. The largest absolute Gasteiger partial charge is 0.320 e. The molecule has 0 aliphatic carbocycles. The van der Waals surface area contributed by atoms with Gasteiger partial charge in [0.05, 0.1) is 0 Å². The molecule has 0 saturated carbocycles. The molecule has 13 heavy (non-hydrogen) atoms. The molecular weight excluding hydrogens is 180 g/mol. The smallest absolute Gasteiger partial charge is 0.0172 e. The Bertz CT molecular complexity index is 113. The third-order valence-electron chi connectivity index (χ3n) is 2.43. The maximum atomic E-state index is 3.53. The van der Waals surface area contributed by atoms with E-state index in [0.29, 0.717) is 0 Å². The van der Waals surface area contributed by atoms with E-state index in [-0.39, 0.29) is 0 Å². The molecule has 1 unspecified atom stereocenters. The van der Waals surface area contributed by atoms with Crippen molar-refractivity contribution >= 4 is 11.8 Å². The Morgan fingerprint density at radius 1 is 1.31 bits per heavy atom. The average molecular weight is 202 g/mol.